The Balaban J connectivity index is 3.27. The van der Waals surface area contributed by atoms with E-state index in [2.05, 4.69) is 21.1 Å². The number of likely N-dealkylation sites (N-methyl/N-ethyl adjacent to an activating group) is 1. The number of hydrogen-bond acceptors (Lipinski definition) is 3. The van der Waals surface area contributed by atoms with Gasteiger partial charge in [0, 0.05) is 6.61 Å². The van der Waals surface area contributed by atoms with Crippen molar-refractivity contribution in [2.75, 3.05) is 46.7 Å². The first-order valence-corrected chi connectivity index (χ1v) is 6.65. The minimum absolute atomic E-state index is 0.175. The lowest BCUT2D eigenvalue weighted by atomic mass is 10.4. The van der Waals surface area contributed by atoms with Gasteiger partial charge in [-0.25, -0.2) is 0 Å². The summed E-state index contributed by atoms with van der Waals surface area (Å²) in [5, 5.41) is 0. The molecule has 0 amide bonds. The summed E-state index contributed by atoms with van der Waals surface area (Å²) in [6.45, 7) is 2.16. The first-order chi connectivity index (χ1) is 6.71. The van der Waals surface area contributed by atoms with Crippen LogP contribution in [0.25, 0.3) is 0 Å². The summed E-state index contributed by atoms with van der Waals surface area (Å²) in [6.07, 6.45) is 1.11. The van der Waals surface area contributed by atoms with Crippen molar-refractivity contribution >= 4 is 10.1 Å². The monoisotopic (exact) mass is 240 g/mol. The molecule has 0 spiro atoms. The summed E-state index contributed by atoms with van der Waals surface area (Å²) in [7, 11) is 2.46. The molecule has 92 valence electrons. The van der Waals surface area contributed by atoms with E-state index in [0.717, 1.165) is 11.0 Å². The van der Waals surface area contributed by atoms with Crippen molar-refractivity contribution in [3.63, 3.8) is 0 Å². The quantitative estimate of drug-likeness (QED) is 0.378. The molecular weight excluding hydrogens is 218 g/mol. The number of rotatable bonds is 8. The van der Waals surface area contributed by atoms with E-state index in [-0.39, 0.29) is 5.75 Å². The SMILES string of the molecule is C[N+](C)(C)CCOCCCCS(=O)(=O)O. The van der Waals surface area contributed by atoms with Crippen molar-refractivity contribution < 1.29 is 22.2 Å². The van der Waals surface area contributed by atoms with Crippen LogP contribution in [0.3, 0.4) is 0 Å². The minimum Gasteiger partial charge on any atom is -0.376 e. The summed E-state index contributed by atoms with van der Waals surface area (Å²) in [4.78, 5) is 0. The van der Waals surface area contributed by atoms with Crippen LogP contribution < -0.4 is 0 Å². The molecule has 0 heterocycles. The van der Waals surface area contributed by atoms with Gasteiger partial charge in [-0.3, -0.25) is 4.55 Å². The van der Waals surface area contributed by atoms with Gasteiger partial charge in [-0.15, -0.1) is 0 Å². The molecule has 0 aliphatic heterocycles. The van der Waals surface area contributed by atoms with Gasteiger partial charge in [-0.1, -0.05) is 0 Å². The summed E-state index contributed by atoms with van der Waals surface area (Å²) >= 11 is 0. The maximum Gasteiger partial charge on any atom is 0.264 e. The van der Waals surface area contributed by atoms with Gasteiger partial charge >= 0.3 is 0 Å². The highest BCUT2D eigenvalue weighted by Crippen LogP contribution is 1.96. The van der Waals surface area contributed by atoms with E-state index < -0.39 is 10.1 Å². The van der Waals surface area contributed by atoms with Gasteiger partial charge in [0.15, 0.2) is 0 Å². The molecule has 0 saturated carbocycles. The Labute approximate surface area is 92.4 Å². The highest BCUT2D eigenvalue weighted by molar-refractivity contribution is 7.85. The number of nitrogens with zero attached hydrogens (tertiary/aromatic N) is 1. The zero-order valence-electron chi connectivity index (χ0n) is 9.77. The second-order valence-electron chi connectivity index (χ2n) is 4.62. The predicted octanol–water partition coefficient (Wildman–Crippen LogP) is 0.377. The van der Waals surface area contributed by atoms with E-state index in [9.17, 15) is 8.42 Å². The van der Waals surface area contributed by atoms with Crippen molar-refractivity contribution in [3.8, 4) is 0 Å². The lowest BCUT2D eigenvalue weighted by Crippen LogP contribution is -2.37. The van der Waals surface area contributed by atoms with Crippen molar-refractivity contribution in [2.45, 2.75) is 12.8 Å². The largest absolute Gasteiger partial charge is 0.376 e. The van der Waals surface area contributed by atoms with Gasteiger partial charge in [0.2, 0.25) is 0 Å². The maximum absolute atomic E-state index is 10.4. The second-order valence-corrected chi connectivity index (χ2v) is 6.19. The minimum atomic E-state index is -3.80. The topological polar surface area (TPSA) is 63.6 Å². The third kappa shape index (κ3) is 13.8. The molecular formula is C9H22NO4S+. The fourth-order valence-electron chi connectivity index (χ4n) is 0.929. The summed E-state index contributed by atoms with van der Waals surface area (Å²) in [5.41, 5.74) is 0. The van der Waals surface area contributed by atoms with E-state index in [1.807, 2.05) is 0 Å². The molecule has 0 saturated heterocycles. The van der Waals surface area contributed by atoms with Crippen LogP contribution in [0.1, 0.15) is 12.8 Å². The molecule has 1 N–H and O–H groups in total. The molecule has 0 aliphatic carbocycles. The molecule has 0 atom stereocenters. The lowest BCUT2D eigenvalue weighted by Gasteiger charge is -2.23. The van der Waals surface area contributed by atoms with Crippen molar-refractivity contribution in [1.29, 1.82) is 0 Å². The summed E-state index contributed by atoms with van der Waals surface area (Å²) in [5.74, 6) is -0.175. The van der Waals surface area contributed by atoms with Gasteiger partial charge in [0.25, 0.3) is 10.1 Å². The molecule has 15 heavy (non-hydrogen) atoms. The van der Waals surface area contributed by atoms with Crippen LogP contribution in [-0.2, 0) is 14.9 Å². The van der Waals surface area contributed by atoms with Crippen LogP contribution in [0.4, 0.5) is 0 Å². The zero-order chi connectivity index (χ0) is 11.9. The van der Waals surface area contributed by atoms with E-state index in [1.165, 1.54) is 0 Å². The third-order valence-corrected chi connectivity index (χ3v) is 2.65. The van der Waals surface area contributed by atoms with Crippen LogP contribution in [0, 0.1) is 0 Å². The second kappa shape index (κ2) is 6.42. The molecule has 0 aromatic rings. The summed E-state index contributed by atoms with van der Waals surface area (Å²) < 4.78 is 35.4. The summed E-state index contributed by atoms with van der Waals surface area (Å²) in [6, 6.07) is 0. The number of hydrogen-bond donors (Lipinski definition) is 1. The van der Waals surface area contributed by atoms with Crippen molar-refractivity contribution in [3.05, 3.63) is 0 Å². The van der Waals surface area contributed by atoms with Gasteiger partial charge in [-0.05, 0) is 12.8 Å². The molecule has 0 aromatic heterocycles. The molecule has 0 bridgehead atoms. The smallest absolute Gasteiger partial charge is 0.264 e. The molecule has 0 aromatic carbocycles. The number of unbranched alkanes of at least 4 members (excludes halogenated alkanes) is 1. The van der Waals surface area contributed by atoms with E-state index in [4.69, 9.17) is 9.29 Å². The Bertz CT molecular complexity index is 256. The molecule has 0 radical (unpaired) electrons. The molecule has 0 unspecified atom stereocenters. The van der Waals surface area contributed by atoms with Gasteiger partial charge < -0.3 is 9.22 Å². The molecule has 0 aliphatic rings. The van der Waals surface area contributed by atoms with Crippen molar-refractivity contribution in [1.82, 2.24) is 0 Å². The average Bonchev–Trinajstić information content (AvgIpc) is 1.98. The van der Waals surface area contributed by atoms with Gasteiger partial charge in [0.1, 0.15) is 6.54 Å². The number of quaternary nitrogens is 1. The fraction of sp³-hybridized carbons (Fsp3) is 1.00. The third-order valence-electron chi connectivity index (χ3n) is 1.85. The Kier molecular flexibility index (Phi) is 6.35. The van der Waals surface area contributed by atoms with E-state index in [0.29, 0.717) is 26.1 Å². The molecule has 0 fully saturated rings. The van der Waals surface area contributed by atoms with Crippen LogP contribution in [0.2, 0.25) is 0 Å². The first-order valence-electron chi connectivity index (χ1n) is 5.04. The number of ether oxygens (including phenoxy) is 1. The standard InChI is InChI=1S/C9H21NO4S/c1-10(2,3)6-8-14-7-4-5-9-15(11,12)13/h4-9H2,1-3H3/p+1. The maximum atomic E-state index is 10.4. The average molecular weight is 240 g/mol. The highest BCUT2D eigenvalue weighted by Gasteiger charge is 2.06. The Morgan fingerprint density at radius 3 is 2.20 bits per heavy atom. The van der Waals surface area contributed by atoms with Crippen LogP contribution in [-0.4, -0.2) is 64.1 Å². The molecule has 0 rings (SSSR count). The molecule has 6 heteroatoms. The van der Waals surface area contributed by atoms with E-state index in [1.54, 1.807) is 0 Å². The lowest BCUT2D eigenvalue weighted by molar-refractivity contribution is -0.870. The van der Waals surface area contributed by atoms with Gasteiger partial charge in [0.05, 0.1) is 33.5 Å². The fourth-order valence-corrected chi connectivity index (χ4v) is 1.50. The Hall–Kier alpha value is -0.170. The molecule has 5 nitrogen and oxygen atoms in total. The highest BCUT2D eigenvalue weighted by atomic mass is 32.2. The van der Waals surface area contributed by atoms with E-state index >= 15 is 0 Å². The zero-order valence-corrected chi connectivity index (χ0v) is 10.6. The van der Waals surface area contributed by atoms with Crippen molar-refractivity contribution in [2.24, 2.45) is 0 Å². The normalized spacial score (nSPS) is 13.1. The van der Waals surface area contributed by atoms with Crippen LogP contribution in [0.15, 0.2) is 0 Å². The first kappa shape index (κ1) is 14.8. The van der Waals surface area contributed by atoms with Crippen LogP contribution in [0.5, 0.6) is 0 Å². The predicted molar refractivity (Wildman–Crippen MR) is 59.4 cm³/mol. The van der Waals surface area contributed by atoms with Gasteiger partial charge in [-0.2, -0.15) is 8.42 Å². The van der Waals surface area contributed by atoms with Crippen LogP contribution >= 0.6 is 0 Å². The Morgan fingerprint density at radius 1 is 1.13 bits per heavy atom. The Morgan fingerprint density at radius 2 is 1.73 bits per heavy atom.